The van der Waals surface area contributed by atoms with Gasteiger partial charge in [-0.2, -0.15) is 0 Å². The fraction of sp³-hybridized carbons (Fsp3) is 0.606. The maximum absolute atomic E-state index is 14.7. The summed E-state index contributed by atoms with van der Waals surface area (Å²) in [6.45, 7) is 16.5. The van der Waals surface area contributed by atoms with E-state index in [1.165, 1.54) is 0 Å². The first kappa shape index (κ1) is 31.8. The number of morpholine rings is 1. The summed E-state index contributed by atoms with van der Waals surface area (Å²) in [6, 6.07) is 8.23. The van der Waals surface area contributed by atoms with Crippen molar-refractivity contribution in [2.45, 2.75) is 48.8 Å². The van der Waals surface area contributed by atoms with Gasteiger partial charge in [-0.15, -0.1) is 24.9 Å². The predicted molar refractivity (Wildman–Crippen MR) is 170 cm³/mol. The van der Waals surface area contributed by atoms with Gasteiger partial charge in [-0.05, 0) is 30.9 Å². The first-order valence-electron chi connectivity index (χ1n) is 15.6. The lowest BCUT2D eigenvalue weighted by molar-refractivity contribution is -0.145. The number of rotatable bonds is 13. The van der Waals surface area contributed by atoms with Crippen LogP contribution >= 0.6 is 11.8 Å². The largest absolute Gasteiger partial charge is 0.394 e. The van der Waals surface area contributed by atoms with Gasteiger partial charge in [-0.1, -0.05) is 44.2 Å². The van der Waals surface area contributed by atoms with Crippen LogP contribution in [-0.2, 0) is 19.1 Å². The van der Waals surface area contributed by atoms with E-state index in [9.17, 15) is 19.5 Å². The van der Waals surface area contributed by atoms with E-state index in [0.717, 1.165) is 25.2 Å². The van der Waals surface area contributed by atoms with Crippen molar-refractivity contribution < 1.29 is 24.2 Å². The van der Waals surface area contributed by atoms with E-state index in [2.05, 4.69) is 25.0 Å². The third kappa shape index (κ3) is 5.56. The molecule has 43 heavy (non-hydrogen) atoms. The fourth-order valence-corrected chi connectivity index (χ4v) is 10.2. The zero-order chi connectivity index (χ0) is 30.7. The Hall–Kier alpha value is -2.66. The molecule has 1 aromatic carbocycles. The number of nitrogens with zero attached hydrogens (tertiary/aromatic N) is 4. The van der Waals surface area contributed by atoms with Crippen LogP contribution in [0, 0.1) is 17.8 Å². The molecule has 0 radical (unpaired) electrons. The van der Waals surface area contributed by atoms with Crippen LogP contribution in [-0.4, -0.2) is 119 Å². The molecule has 4 heterocycles. The van der Waals surface area contributed by atoms with Crippen LogP contribution in [0.25, 0.3) is 0 Å². The Labute approximate surface area is 259 Å². The third-order valence-electron chi connectivity index (χ3n) is 9.87. The van der Waals surface area contributed by atoms with Crippen molar-refractivity contribution in [3.05, 3.63) is 55.6 Å². The zero-order valence-electron chi connectivity index (χ0n) is 25.5. The molecule has 1 aromatic rings. The van der Waals surface area contributed by atoms with Crippen molar-refractivity contribution in [2.24, 2.45) is 17.8 Å². The van der Waals surface area contributed by atoms with Gasteiger partial charge in [0.05, 0.1) is 42.4 Å². The van der Waals surface area contributed by atoms with Crippen LogP contribution in [0.15, 0.2) is 55.6 Å². The van der Waals surface area contributed by atoms with E-state index >= 15 is 0 Å². The molecule has 4 aliphatic heterocycles. The number of aliphatic hydroxyl groups excluding tert-OH is 1. The normalized spacial score (nSPS) is 30.6. The number of carbonyl (C=O) groups is 3. The van der Waals surface area contributed by atoms with Gasteiger partial charge >= 0.3 is 0 Å². The van der Waals surface area contributed by atoms with Crippen LogP contribution in [0.4, 0.5) is 5.69 Å². The number of amides is 3. The summed E-state index contributed by atoms with van der Waals surface area (Å²) < 4.78 is 4.74. The molecule has 5 rings (SSSR count). The van der Waals surface area contributed by atoms with Crippen molar-refractivity contribution in [1.82, 2.24) is 14.7 Å². The lowest BCUT2D eigenvalue weighted by Crippen LogP contribution is -2.60. The first-order valence-corrected chi connectivity index (χ1v) is 16.5. The molecule has 3 unspecified atom stereocenters. The van der Waals surface area contributed by atoms with Gasteiger partial charge in [0.1, 0.15) is 6.04 Å². The predicted octanol–water partition coefficient (Wildman–Crippen LogP) is 2.66. The van der Waals surface area contributed by atoms with Gasteiger partial charge in [0.2, 0.25) is 17.7 Å². The van der Waals surface area contributed by atoms with Gasteiger partial charge in [-0.25, -0.2) is 0 Å². The van der Waals surface area contributed by atoms with Gasteiger partial charge in [0, 0.05) is 50.2 Å². The summed E-state index contributed by atoms with van der Waals surface area (Å²) in [5.41, 5.74) is 0.763. The Morgan fingerprint density at radius 3 is 2.49 bits per heavy atom. The highest BCUT2D eigenvalue weighted by molar-refractivity contribution is 8.02. The van der Waals surface area contributed by atoms with Gasteiger partial charge in [-0.3, -0.25) is 19.3 Å². The molecule has 234 valence electrons. The number of hydrogen-bond donors (Lipinski definition) is 1. The number of thioether (sulfide) groups is 1. The number of aliphatic hydroxyl groups is 1. The summed E-state index contributed by atoms with van der Waals surface area (Å²) in [7, 11) is 0. The number of hydrogen-bond acceptors (Lipinski definition) is 7. The number of likely N-dealkylation sites (tertiary alicyclic amines) is 1. The maximum Gasteiger partial charge on any atom is 0.247 e. The van der Waals surface area contributed by atoms with E-state index in [4.69, 9.17) is 4.74 Å². The third-order valence-corrected chi connectivity index (χ3v) is 12.0. The molecule has 4 saturated heterocycles. The average Bonchev–Trinajstić information content (AvgIpc) is 3.63. The maximum atomic E-state index is 14.7. The Morgan fingerprint density at radius 1 is 1.16 bits per heavy atom. The lowest BCUT2D eigenvalue weighted by atomic mass is 9.65. The minimum atomic E-state index is -0.765. The van der Waals surface area contributed by atoms with Crippen molar-refractivity contribution in [1.29, 1.82) is 0 Å². The van der Waals surface area contributed by atoms with Gasteiger partial charge < -0.3 is 24.5 Å². The molecular weight excluding hydrogens is 564 g/mol. The number of para-hydroxylation sites is 1. The molecule has 2 bridgehead atoms. The fourth-order valence-electron chi connectivity index (χ4n) is 7.77. The summed E-state index contributed by atoms with van der Waals surface area (Å²) in [5, 5.41) is 10.4. The number of anilines is 1. The molecule has 7 atom stereocenters. The molecule has 0 saturated carbocycles. The number of fused-ring (bicyclic) bond motifs is 1. The molecule has 0 aromatic heterocycles. The van der Waals surface area contributed by atoms with Crippen molar-refractivity contribution in [3.8, 4) is 0 Å². The Kier molecular flexibility index (Phi) is 10.0. The summed E-state index contributed by atoms with van der Waals surface area (Å²) >= 11 is 1.67. The quantitative estimate of drug-likeness (QED) is 0.344. The second-order valence-electron chi connectivity index (χ2n) is 12.1. The van der Waals surface area contributed by atoms with Gasteiger partial charge in [0.25, 0.3) is 0 Å². The number of ether oxygens (including phenoxy) is 1. The average molecular weight is 611 g/mol. The van der Waals surface area contributed by atoms with Gasteiger partial charge in [0.15, 0.2) is 0 Å². The van der Waals surface area contributed by atoms with E-state index in [0.29, 0.717) is 45.8 Å². The molecule has 0 aliphatic carbocycles. The summed E-state index contributed by atoms with van der Waals surface area (Å²) in [6.07, 6.45) is 4.71. The Balaban J connectivity index is 1.52. The molecule has 9 nitrogen and oxygen atoms in total. The second-order valence-corrected chi connectivity index (χ2v) is 13.7. The van der Waals surface area contributed by atoms with Crippen molar-refractivity contribution in [3.63, 3.8) is 0 Å². The second kappa shape index (κ2) is 13.5. The molecule has 1 spiro atoms. The summed E-state index contributed by atoms with van der Waals surface area (Å²) in [4.78, 5) is 51.3. The van der Waals surface area contributed by atoms with Crippen LogP contribution < -0.4 is 4.90 Å². The molecule has 4 aliphatic rings. The Bertz CT molecular complexity index is 1190. The SMILES string of the molecule is C=CCN(CCN1CCOCC1)C(=O)C1N([C@@H](CC)CO)C(=O)[C@@H]2[C@@H](C(=O)N(CC=C)c3ccccc3)[C@H]3CC(C)C12S3. The zero-order valence-corrected chi connectivity index (χ0v) is 26.3. The van der Waals surface area contributed by atoms with Crippen molar-refractivity contribution >= 4 is 35.2 Å². The van der Waals surface area contributed by atoms with E-state index in [-0.39, 0.29) is 35.5 Å². The monoisotopic (exact) mass is 610 g/mol. The number of carbonyl (C=O) groups excluding carboxylic acids is 3. The lowest BCUT2D eigenvalue weighted by Gasteiger charge is -2.42. The standard InChI is InChI=1S/C33H46N4O5S/c1-5-13-35(16-15-34-17-19-42-20-18-34)32(41)29-33-23(4)21-26(43-33)27(28(33)31(40)37(29)24(7-3)22-38)30(39)36(14-6-2)25-11-9-8-10-12-25/h5-6,8-12,23-24,26-29,38H,1-2,7,13-22H2,3-4H3/t23?,24-,26+,27-,28-,29?,33?/m0/s1. The highest BCUT2D eigenvalue weighted by atomic mass is 32.2. The molecular formula is C33H46N4O5S. The minimum Gasteiger partial charge on any atom is -0.394 e. The number of benzene rings is 1. The van der Waals surface area contributed by atoms with Crippen LogP contribution in [0.1, 0.15) is 26.7 Å². The van der Waals surface area contributed by atoms with E-state index in [1.807, 2.05) is 42.2 Å². The molecule has 1 N–H and O–H groups in total. The first-order chi connectivity index (χ1) is 20.8. The minimum absolute atomic E-state index is 0.0463. The Morgan fingerprint density at radius 2 is 1.86 bits per heavy atom. The smallest absolute Gasteiger partial charge is 0.247 e. The molecule has 4 fully saturated rings. The highest BCUT2D eigenvalue weighted by Crippen LogP contribution is 2.69. The summed E-state index contributed by atoms with van der Waals surface area (Å²) in [5.74, 6) is -1.56. The molecule has 3 amide bonds. The topological polar surface area (TPSA) is 93.6 Å². The van der Waals surface area contributed by atoms with Crippen LogP contribution in [0.5, 0.6) is 0 Å². The van der Waals surface area contributed by atoms with Crippen LogP contribution in [0.3, 0.4) is 0 Å². The highest BCUT2D eigenvalue weighted by Gasteiger charge is 2.77. The van der Waals surface area contributed by atoms with Crippen LogP contribution in [0.2, 0.25) is 0 Å². The van der Waals surface area contributed by atoms with E-state index < -0.39 is 28.7 Å². The molecule has 10 heteroatoms. The van der Waals surface area contributed by atoms with E-state index in [1.54, 1.807) is 33.7 Å². The van der Waals surface area contributed by atoms with Crippen molar-refractivity contribution in [2.75, 3.05) is 64.0 Å².